The van der Waals surface area contributed by atoms with Crippen molar-refractivity contribution in [3.63, 3.8) is 0 Å². The zero-order valence-electron chi connectivity index (χ0n) is 10.6. The van der Waals surface area contributed by atoms with Crippen LogP contribution >= 0.6 is 12.4 Å². The monoisotopic (exact) mass is 287 g/mol. The van der Waals surface area contributed by atoms with E-state index in [1.54, 1.807) is 12.1 Å². The van der Waals surface area contributed by atoms with Crippen LogP contribution < -0.4 is 16.4 Å². The highest BCUT2D eigenvalue weighted by Gasteiger charge is 2.13. The highest BCUT2D eigenvalue weighted by Crippen LogP contribution is 2.03. The highest BCUT2D eigenvalue weighted by atomic mass is 35.5. The molecule has 7 heteroatoms. The molecule has 6 nitrogen and oxygen atoms in total. The molecule has 1 rings (SSSR count). The lowest BCUT2D eigenvalue weighted by molar-refractivity contribution is -0.126. The molecule has 0 radical (unpaired) electrons. The standard InChI is InChI=1S/C12H17N3O3.ClH/c1-18-8-10(13)12(17)14-7-11(16)15-9-5-3-2-4-6-9;/h2-6,10H,7-8,13H2,1H3,(H,14,17)(H,15,16);1H. The van der Waals surface area contributed by atoms with Gasteiger partial charge in [-0.3, -0.25) is 9.59 Å². The lowest BCUT2D eigenvalue weighted by Gasteiger charge is -2.11. The number of methoxy groups -OCH3 is 1. The Morgan fingerprint density at radius 3 is 2.53 bits per heavy atom. The molecule has 0 aliphatic heterocycles. The maximum absolute atomic E-state index is 11.5. The van der Waals surface area contributed by atoms with Crippen molar-refractivity contribution >= 4 is 29.9 Å². The molecule has 2 amide bonds. The van der Waals surface area contributed by atoms with E-state index in [1.807, 2.05) is 18.2 Å². The number of para-hydroxylation sites is 1. The summed E-state index contributed by atoms with van der Waals surface area (Å²) in [6.07, 6.45) is 0. The zero-order chi connectivity index (χ0) is 13.4. The molecule has 0 heterocycles. The largest absolute Gasteiger partial charge is 0.383 e. The number of nitrogens with two attached hydrogens (primary N) is 1. The number of rotatable bonds is 6. The van der Waals surface area contributed by atoms with Gasteiger partial charge in [0.15, 0.2) is 0 Å². The fourth-order valence-corrected chi connectivity index (χ4v) is 1.28. The van der Waals surface area contributed by atoms with Gasteiger partial charge in [-0.25, -0.2) is 0 Å². The third kappa shape index (κ3) is 6.76. The highest BCUT2D eigenvalue weighted by molar-refractivity contribution is 5.95. The van der Waals surface area contributed by atoms with Crippen molar-refractivity contribution < 1.29 is 14.3 Å². The Labute approximate surface area is 118 Å². The molecular formula is C12H18ClN3O3. The Morgan fingerprint density at radius 1 is 1.32 bits per heavy atom. The Bertz CT molecular complexity index is 400. The molecule has 1 aromatic rings. The van der Waals surface area contributed by atoms with E-state index >= 15 is 0 Å². The number of hydrogen-bond donors (Lipinski definition) is 3. The molecule has 0 fully saturated rings. The van der Waals surface area contributed by atoms with Gasteiger partial charge in [0, 0.05) is 12.8 Å². The predicted molar refractivity (Wildman–Crippen MR) is 75.2 cm³/mol. The van der Waals surface area contributed by atoms with Crippen molar-refractivity contribution in [2.75, 3.05) is 25.6 Å². The van der Waals surface area contributed by atoms with Gasteiger partial charge < -0.3 is 21.1 Å². The van der Waals surface area contributed by atoms with Crippen molar-refractivity contribution in [1.29, 1.82) is 0 Å². The SMILES string of the molecule is COCC(N)C(=O)NCC(=O)Nc1ccccc1.Cl. The van der Waals surface area contributed by atoms with Crippen LogP contribution in [-0.2, 0) is 14.3 Å². The molecule has 0 aliphatic rings. The normalized spacial score (nSPS) is 11.1. The first-order valence-corrected chi connectivity index (χ1v) is 5.50. The van der Waals surface area contributed by atoms with E-state index in [9.17, 15) is 9.59 Å². The second-order valence-electron chi connectivity index (χ2n) is 3.69. The molecule has 0 saturated carbocycles. The topological polar surface area (TPSA) is 93.4 Å². The van der Waals surface area contributed by atoms with E-state index in [0.29, 0.717) is 5.69 Å². The molecule has 106 valence electrons. The van der Waals surface area contributed by atoms with Crippen LogP contribution in [0.2, 0.25) is 0 Å². The summed E-state index contributed by atoms with van der Waals surface area (Å²) < 4.78 is 4.74. The minimum absolute atomic E-state index is 0. The fraction of sp³-hybridized carbons (Fsp3) is 0.333. The summed E-state index contributed by atoms with van der Waals surface area (Å²) in [5, 5.41) is 5.07. The lowest BCUT2D eigenvalue weighted by atomic mass is 10.3. The number of hydrogen-bond acceptors (Lipinski definition) is 4. The van der Waals surface area contributed by atoms with Gasteiger partial charge in [0.25, 0.3) is 0 Å². The van der Waals surface area contributed by atoms with Gasteiger partial charge in [0.1, 0.15) is 6.04 Å². The van der Waals surface area contributed by atoms with Crippen LogP contribution in [0.1, 0.15) is 0 Å². The van der Waals surface area contributed by atoms with Crippen LogP contribution in [0.3, 0.4) is 0 Å². The average Bonchev–Trinajstić information content (AvgIpc) is 2.37. The molecule has 1 atom stereocenters. The Morgan fingerprint density at radius 2 is 1.95 bits per heavy atom. The van der Waals surface area contributed by atoms with Crippen molar-refractivity contribution in [2.45, 2.75) is 6.04 Å². The van der Waals surface area contributed by atoms with Gasteiger partial charge in [-0.05, 0) is 12.1 Å². The lowest BCUT2D eigenvalue weighted by Crippen LogP contribution is -2.45. The van der Waals surface area contributed by atoms with Crippen LogP contribution in [0.25, 0.3) is 0 Å². The first-order chi connectivity index (χ1) is 8.63. The number of carbonyl (C=O) groups is 2. The summed E-state index contributed by atoms with van der Waals surface area (Å²) in [6.45, 7) is -0.00270. The third-order valence-corrected chi connectivity index (χ3v) is 2.16. The van der Waals surface area contributed by atoms with E-state index in [4.69, 9.17) is 10.5 Å². The van der Waals surface area contributed by atoms with Crippen LogP contribution in [0, 0.1) is 0 Å². The average molecular weight is 288 g/mol. The number of anilines is 1. The van der Waals surface area contributed by atoms with Crippen molar-refractivity contribution in [3.8, 4) is 0 Å². The smallest absolute Gasteiger partial charge is 0.243 e. The summed E-state index contributed by atoms with van der Waals surface area (Å²) in [6, 6.07) is 8.22. The minimum Gasteiger partial charge on any atom is -0.383 e. The maximum atomic E-state index is 11.5. The second-order valence-corrected chi connectivity index (χ2v) is 3.69. The quantitative estimate of drug-likeness (QED) is 0.694. The number of carbonyl (C=O) groups excluding carboxylic acids is 2. The zero-order valence-corrected chi connectivity index (χ0v) is 11.4. The minimum atomic E-state index is -0.764. The number of halogens is 1. The molecule has 1 unspecified atom stereocenters. The molecule has 1 aromatic carbocycles. The van der Waals surface area contributed by atoms with E-state index in [1.165, 1.54) is 7.11 Å². The van der Waals surface area contributed by atoms with E-state index in [2.05, 4.69) is 10.6 Å². The fourth-order valence-electron chi connectivity index (χ4n) is 1.28. The Kier molecular flexibility index (Phi) is 8.52. The van der Waals surface area contributed by atoms with Crippen LogP contribution in [0.5, 0.6) is 0 Å². The molecule has 0 saturated heterocycles. The van der Waals surface area contributed by atoms with Crippen LogP contribution in [-0.4, -0.2) is 38.1 Å². The second kappa shape index (κ2) is 9.32. The van der Waals surface area contributed by atoms with Crippen molar-refractivity contribution in [3.05, 3.63) is 30.3 Å². The van der Waals surface area contributed by atoms with Gasteiger partial charge in [-0.15, -0.1) is 12.4 Å². The molecule has 0 aliphatic carbocycles. The number of ether oxygens (including phenoxy) is 1. The number of amides is 2. The van der Waals surface area contributed by atoms with Gasteiger partial charge in [0.2, 0.25) is 11.8 Å². The van der Waals surface area contributed by atoms with Crippen molar-refractivity contribution in [2.24, 2.45) is 5.73 Å². The summed E-state index contributed by atoms with van der Waals surface area (Å²) in [7, 11) is 1.45. The predicted octanol–water partition coefficient (Wildman–Crippen LogP) is 0.137. The van der Waals surface area contributed by atoms with E-state index < -0.39 is 11.9 Å². The summed E-state index contributed by atoms with van der Waals surface area (Å²) >= 11 is 0. The van der Waals surface area contributed by atoms with E-state index in [0.717, 1.165) is 0 Å². The molecule has 0 bridgehead atoms. The summed E-state index contributed by atoms with van der Waals surface area (Å²) in [5.41, 5.74) is 6.18. The molecule has 0 spiro atoms. The van der Waals surface area contributed by atoms with Gasteiger partial charge in [0.05, 0.1) is 13.2 Å². The third-order valence-electron chi connectivity index (χ3n) is 2.16. The number of nitrogens with one attached hydrogen (secondary N) is 2. The molecule has 0 aromatic heterocycles. The summed E-state index contributed by atoms with van der Waals surface area (Å²) in [5.74, 6) is -0.723. The van der Waals surface area contributed by atoms with Crippen LogP contribution in [0.15, 0.2) is 30.3 Å². The first-order valence-electron chi connectivity index (χ1n) is 5.50. The van der Waals surface area contributed by atoms with Crippen molar-refractivity contribution in [1.82, 2.24) is 5.32 Å². The Balaban J connectivity index is 0.00000324. The maximum Gasteiger partial charge on any atom is 0.243 e. The first kappa shape index (κ1) is 17.4. The van der Waals surface area contributed by atoms with E-state index in [-0.39, 0.29) is 31.5 Å². The van der Waals surface area contributed by atoms with Gasteiger partial charge in [-0.1, -0.05) is 18.2 Å². The van der Waals surface area contributed by atoms with Gasteiger partial charge >= 0.3 is 0 Å². The van der Waals surface area contributed by atoms with Crippen LogP contribution in [0.4, 0.5) is 5.69 Å². The number of benzene rings is 1. The molecule has 4 N–H and O–H groups in total. The molecular weight excluding hydrogens is 270 g/mol. The molecule has 19 heavy (non-hydrogen) atoms. The van der Waals surface area contributed by atoms with Gasteiger partial charge in [-0.2, -0.15) is 0 Å². The Hall–Kier alpha value is -1.63. The summed E-state index contributed by atoms with van der Waals surface area (Å²) in [4.78, 5) is 22.9.